The summed E-state index contributed by atoms with van der Waals surface area (Å²) in [5, 5.41) is 7.53. The summed E-state index contributed by atoms with van der Waals surface area (Å²) in [6.07, 6.45) is 1.67. The van der Waals surface area contributed by atoms with Crippen molar-refractivity contribution in [1.82, 2.24) is 10.6 Å². The number of thiophene rings is 1. The van der Waals surface area contributed by atoms with Crippen LogP contribution >= 0.6 is 11.3 Å². The normalized spacial score (nSPS) is 11.1. The molecular formula is C29H25FN2O3S. The van der Waals surface area contributed by atoms with Gasteiger partial charge in [-0.3, -0.25) is 9.59 Å². The zero-order valence-corrected chi connectivity index (χ0v) is 20.5. The summed E-state index contributed by atoms with van der Waals surface area (Å²) in [6, 6.07) is 24.4. The number of nitrogens with one attached hydrogen (secondary N) is 2. The summed E-state index contributed by atoms with van der Waals surface area (Å²) in [5.74, 6) is -0.355. The lowest BCUT2D eigenvalue weighted by atomic mass is 10.1. The van der Waals surface area contributed by atoms with E-state index in [9.17, 15) is 14.0 Å². The first-order chi connectivity index (χ1) is 17.5. The highest BCUT2D eigenvalue weighted by molar-refractivity contribution is 7.10. The molecule has 1 heterocycles. The van der Waals surface area contributed by atoms with Crippen LogP contribution in [0.2, 0.25) is 0 Å². The summed E-state index contributed by atoms with van der Waals surface area (Å²) in [5.41, 5.74) is 3.35. The minimum absolute atomic E-state index is 0.170. The first kappa shape index (κ1) is 24.9. The van der Waals surface area contributed by atoms with Crippen LogP contribution in [-0.2, 0) is 17.9 Å². The Morgan fingerprint density at radius 2 is 1.69 bits per heavy atom. The predicted octanol–water partition coefficient (Wildman–Crippen LogP) is 5.86. The highest BCUT2D eigenvalue weighted by atomic mass is 32.1. The monoisotopic (exact) mass is 500 g/mol. The number of hydrogen-bond acceptors (Lipinski definition) is 4. The Morgan fingerprint density at radius 1 is 0.944 bits per heavy atom. The Balaban J connectivity index is 1.37. The fraction of sp³-hybridized carbons (Fsp3) is 0.103. The molecule has 0 saturated carbocycles. The molecule has 7 heteroatoms. The van der Waals surface area contributed by atoms with Gasteiger partial charge in [0.2, 0.25) is 0 Å². The third-order valence-corrected chi connectivity index (χ3v) is 6.12. The number of aryl methyl sites for hydroxylation is 1. The third kappa shape index (κ3) is 7.13. The van der Waals surface area contributed by atoms with Crippen molar-refractivity contribution in [2.24, 2.45) is 0 Å². The highest BCUT2D eigenvalue weighted by Gasteiger charge is 2.15. The van der Waals surface area contributed by atoms with E-state index in [-0.39, 0.29) is 29.9 Å². The second kappa shape index (κ2) is 12.0. The molecule has 2 amide bonds. The molecule has 0 aliphatic heterocycles. The molecule has 182 valence electrons. The number of carbonyl (C=O) groups is 2. The van der Waals surface area contributed by atoms with E-state index in [1.54, 1.807) is 36.4 Å². The molecule has 1 aromatic heterocycles. The van der Waals surface area contributed by atoms with Gasteiger partial charge in [0.05, 0.1) is 0 Å². The molecule has 0 aliphatic carbocycles. The van der Waals surface area contributed by atoms with Crippen LogP contribution in [0.1, 0.15) is 31.9 Å². The van der Waals surface area contributed by atoms with E-state index in [1.807, 2.05) is 54.8 Å². The molecule has 2 N–H and O–H groups in total. The van der Waals surface area contributed by atoms with Crippen molar-refractivity contribution in [2.45, 2.75) is 20.1 Å². The van der Waals surface area contributed by atoms with Crippen LogP contribution in [0, 0.1) is 12.7 Å². The molecule has 0 saturated heterocycles. The third-order valence-electron chi connectivity index (χ3n) is 5.30. The minimum atomic E-state index is -0.388. The number of hydrogen-bond donors (Lipinski definition) is 2. The molecule has 0 radical (unpaired) electrons. The van der Waals surface area contributed by atoms with Crippen LogP contribution in [0.5, 0.6) is 5.75 Å². The van der Waals surface area contributed by atoms with Crippen LogP contribution in [0.15, 0.2) is 96.0 Å². The maximum absolute atomic E-state index is 13.0. The lowest BCUT2D eigenvalue weighted by molar-refractivity contribution is -0.117. The van der Waals surface area contributed by atoms with Crippen LogP contribution < -0.4 is 15.4 Å². The van der Waals surface area contributed by atoms with Gasteiger partial charge >= 0.3 is 0 Å². The van der Waals surface area contributed by atoms with E-state index in [2.05, 4.69) is 10.6 Å². The molecule has 0 bridgehead atoms. The molecule has 0 fully saturated rings. The topological polar surface area (TPSA) is 67.4 Å². The van der Waals surface area contributed by atoms with Gasteiger partial charge in [0, 0.05) is 17.0 Å². The highest BCUT2D eigenvalue weighted by Crippen LogP contribution is 2.16. The molecule has 0 atom stereocenters. The van der Waals surface area contributed by atoms with Crippen LogP contribution in [-0.4, -0.2) is 11.8 Å². The molecule has 4 aromatic rings. The van der Waals surface area contributed by atoms with Crippen LogP contribution in [0.25, 0.3) is 6.08 Å². The Labute approximate surface area is 213 Å². The molecule has 0 unspecified atom stereocenters. The average molecular weight is 501 g/mol. The van der Waals surface area contributed by atoms with E-state index in [0.717, 1.165) is 21.6 Å². The lowest BCUT2D eigenvalue weighted by Gasteiger charge is -2.12. The number of amides is 2. The summed E-state index contributed by atoms with van der Waals surface area (Å²) in [6.45, 7) is 2.51. The van der Waals surface area contributed by atoms with Gasteiger partial charge in [-0.05, 0) is 72.0 Å². The zero-order valence-electron chi connectivity index (χ0n) is 19.7. The van der Waals surface area contributed by atoms with E-state index in [1.165, 1.54) is 23.5 Å². The van der Waals surface area contributed by atoms with Gasteiger partial charge in [0.1, 0.15) is 23.9 Å². The maximum atomic E-state index is 13.0. The number of halogens is 1. The fourth-order valence-corrected chi connectivity index (χ4v) is 4.04. The Morgan fingerprint density at radius 3 is 2.39 bits per heavy atom. The summed E-state index contributed by atoms with van der Waals surface area (Å²) >= 11 is 1.47. The van der Waals surface area contributed by atoms with Crippen molar-refractivity contribution in [3.8, 4) is 5.75 Å². The Kier molecular flexibility index (Phi) is 8.26. The average Bonchev–Trinajstić information content (AvgIpc) is 3.40. The smallest absolute Gasteiger partial charge is 0.268 e. The summed E-state index contributed by atoms with van der Waals surface area (Å²) in [7, 11) is 0. The zero-order chi connectivity index (χ0) is 25.3. The SMILES string of the molecule is Cc1cccc(C(=O)N/C(=C\c2cccs2)C(=O)NCc2ccc(OCc3ccc(F)cc3)cc2)c1. The van der Waals surface area contributed by atoms with Crippen molar-refractivity contribution in [3.63, 3.8) is 0 Å². The first-order valence-electron chi connectivity index (χ1n) is 11.3. The molecule has 4 rings (SSSR count). The van der Waals surface area contributed by atoms with E-state index in [4.69, 9.17) is 4.74 Å². The number of benzene rings is 3. The number of rotatable bonds is 9. The quantitative estimate of drug-likeness (QED) is 0.283. The first-order valence-corrected chi connectivity index (χ1v) is 12.2. The van der Waals surface area contributed by atoms with E-state index in [0.29, 0.717) is 17.9 Å². The molecule has 36 heavy (non-hydrogen) atoms. The van der Waals surface area contributed by atoms with Gasteiger partial charge in [-0.25, -0.2) is 4.39 Å². The van der Waals surface area contributed by atoms with Crippen molar-refractivity contribution in [1.29, 1.82) is 0 Å². The van der Waals surface area contributed by atoms with E-state index >= 15 is 0 Å². The molecular weight excluding hydrogens is 475 g/mol. The second-order valence-electron chi connectivity index (χ2n) is 8.14. The van der Waals surface area contributed by atoms with Gasteiger partial charge in [0.15, 0.2) is 0 Å². The minimum Gasteiger partial charge on any atom is -0.489 e. The fourth-order valence-electron chi connectivity index (χ4n) is 3.38. The van der Waals surface area contributed by atoms with Crippen molar-refractivity contribution in [2.75, 3.05) is 0 Å². The van der Waals surface area contributed by atoms with Gasteiger partial charge in [0.25, 0.3) is 11.8 Å². The Hall–Kier alpha value is -4.23. The Bertz CT molecular complexity index is 1350. The van der Waals surface area contributed by atoms with Crippen molar-refractivity contribution >= 4 is 29.2 Å². The molecule has 0 spiro atoms. The van der Waals surface area contributed by atoms with E-state index < -0.39 is 0 Å². The van der Waals surface area contributed by atoms with Gasteiger partial charge in [-0.1, -0.05) is 48.0 Å². The maximum Gasteiger partial charge on any atom is 0.268 e. The van der Waals surface area contributed by atoms with Crippen molar-refractivity contribution in [3.05, 3.63) is 129 Å². The molecule has 5 nitrogen and oxygen atoms in total. The summed E-state index contributed by atoms with van der Waals surface area (Å²) < 4.78 is 18.8. The van der Waals surface area contributed by atoms with Crippen molar-refractivity contribution < 1.29 is 18.7 Å². The van der Waals surface area contributed by atoms with Gasteiger partial charge in [-0.15, -0.1) is 11.3 Å². The number of carbonyl (C=O) groups excluding carboxylic acids is 2. The van der Waals surface area contributed by atoms with Gasteiger partial charge < -0.3 is 15.4 Å². The number of ether oxygens (including phenoxy) is 1. The predicted molar refractivity (Wildman–Crippen MR) is 140 cm³/mol. The second-order valence-corrected chi connectivity index (χ2v) is 9.12. The summed E-state index contributed by atoms with van der Waals surface area (Å²) in [4.78, 5) is 26.6. The standard InChI is InChI=1S/C29H25FN2O3S/c1-20-4-2-5-23(16-20)28(33)32-27(17-26-6-3-15-36-26)29(34)31-18-21-9-13-25(14-10-21)35-19-22-7-11-24(30)12-8-22/h2-17H,18-19H2,1H3,(H,31,34)(H,32,33)/b27-17-. The molecule has 3 aromatic carbocycles. The van der Waals surface area contributed by atoms with Crippen LogP contribution in [0.3, 0.4) is 0 Å². The van der Waals surface area contributed by atoms with Crippen LogP contribution in [0.4, 0.5) is 4.39 Å². The lowest BCUT2D eigenvalue weighted by Crippen LogP contribution is -2.34. The van der Waals surface area contributed by atoms with Gasteiger partial charge in [-0.2, -0.15) is 0 Å². The molecule has 0 aliphatic rings. The largest absolute Gasteiger partial charge is 0.489 e.